The van der Waals surface area contributed by atoms with Crippen LogP contribution >= 0.6 is 0 Å². The molecule has 0 nitrogen and oxygen atoms in total. The molecule has 37 valence electrons. The standard InChI is InChI=1S/C5H6.CH3.Ti/c1-2-4-5-3-1;;/h1-4H,5H2;1H3;. The average molecular weight is 129 g/mol. The van der Waals surface area contributed by atoms with Gasteiger partial charge in [-0.05, 0) is 6.42 Å². The van der Waals surface area contributed by atoms with Gasteiger partial charge in [-0.3, -0.25) is 0 Å². The van der Waals surface area contributed by atoms with Gasteiger partial charge >= 0.3 is 25.7 Å². The van der Waals surface area contributed by atoms with Crippen LogP contribution < -0.4 is 0 Å². The Hall–Kier alpha value is 0.194. The van der Waals surface area contributed by atoms with Crippen molar-refractivity contribution in [3.05, 3.63) is 24.3 Å². The van der Waals surface area contributed by atoms with E-state index in [1.807, 2.05) is 25.7 Å². The fraction of sp³-hybridized carbons (Fsp3) is 0.333. The summed E-state index contributed by atoms with van der Waals surface area (Å²) >= 11 is 2.00. The monoisotopic (exact) mass is 129 g/mol. The topological polar surface area (TPSA) is 0 Å². The van der Waals surface area contributed by atoms with Crippen LogP contribution in [0.25, 0.3) is 0 Å². The summed E-state index contributed by atoms with van der Waals surface area (Å²) in [4.78, 5) is 0. The zero-order valence-corrected chi connectivity index (χ0v) is 6.08. The fourth-order valence-corrected chi connectivity index (χ4v) is 0.393. The van der Waals surface area contributed by atoms with Crippen LogP contribution in [0.2, 0.25) is 5.23 Å². The van der Waals surface area contributed by atoms with Crippen LogP contribution in [0.5, 0.6) is 0 Å². The van der Waals surface area contributed by atoms with Crippen LogP contribution in [-0.4, -0.2) is 0 Å². The third kappa shape index (κ3) is 4.04. The molecule has 1 heteroatoms. The van der Waals surface area contributed by atoms with Gasteiger partial charge in [-0.15, -0.1) is 0 Å². The molecule has 1 aliphatic carbocycles. The van der Waals surface area contributed by atoms with Crippen LogP contribution in [-0.2, 0) is 20.4 Å². The molecule has 0 spiro atoms. The van der Waals surface area contributed by atoms with Crippen LogP contribution in [0.3, 0.4) is 0 Å². The molecular weight excluding hydrogens is 120 g/mol. The van der Waals surface area contributed by atoms with Crippen molar-refractivity contribution in [2.45, 2.75) is 11.6 Å². The summed E-state index contributed by atoms with van der Waals surface area (Å²) in [7, 11) is 0. The zero-order chi connectivity index (χ0) is 5.54. The van der Waals surface area contributed by atoms with Crippen LogP contribution in [0, 0.1) is 0 Å². The molecule has 7 heavy (non-hydrogen) atoms. The number of hydrogen-bond donors (Lipinski definition) is 0. The van der Waals surface area contributed by atoms with Crippen molar-refractivity contribution in [1.82, 2.24) is 0 Å². The quantitative estimate of drug-likeness (QED) is 0.439. The summed E-state index contributed by atoms with van der Waals surface area (Å²) < 4.78 is 0. The Morgan fingerprint density at radius 1 is 1.14 bits per heavy atom. The van der Waals surface area contributed by atoms with Gasteiger partial charge in [0.2, 0.25) is 0 Å². The maximum atomic E-state index is 2.12. The summed E-state index contributed by atoms with van der Waals surface area (Å²) in [5, 5.41) is 2.00. The molecule has 0 aromatic heterocycles. The van der Waals surface area contributed by atoms with Gasteiger partial charge in [-0.2, -0.15) is 0 Å². The van der Waals surface area contributed by atoms with Gasteiger partial charge in [0.15, 0.2) is 0 Å². The van der Waals surface area contributed by atoms with Crippen LogP contribution in [0.1, 0.15) is 6.42 Å². The van der Waals surface area contributed by atoms with Gasteiger partial charge < -0.3 is 0 Å². The predicted octanol–water partition coefficient (Wildman–Crippen LogP) is 2.08. The second-order valence-corrected chi connectivity index (χ2v) is 1.09. The molecule has 0 fully saturated rings. The van der Waals surface area contributed by atoms with E-state index in [0.717, 1.165) is 6.42 Å². The first kappa shape index (κ1) is 7.19. The first-order chi connectivity index (χ1) is 3.50. The van der Waals surface area contributed by atoms with Gasteiger partial charge in [0.25, 0.3) is 0 Å². The van der Waals surface area contributed by atoms with E-state index < -0.39 is 0 Å². The van der Waals surface area contributed by atoms with Crippen molar-refractivity contribution in [3.63, 3.8) is 0 Å². The van der Waals surface area contributed by atoms with Gasteiger partial charge in [-0.25, -0.2) is 0 Å². The minimum atomic E-state index is 1.14. The van der Waals surface area contributed by atoms with E-state index in [0.29, 0.717) is 0 Å². The normalized spacial score (nSPS) is 13.1. The maximum absolute atomic E-state index is 2.12. The van der Waals surface area contributed by atoms with Crippen molar-refractivity contribution < 1.29 is 20.4 Å². The summed E-state index contributed by atoms with van der Waals surface area (Å²) in [6.07, 6.45) is 9.50. The molecule has 0 aromatic rings. The summed E-state index contributed by atoms with van der Waals surface area (Å²) in [6, 6.07) is 0. The molecule has 0 amide bonds. The number of rotatable bonds is 0. The SMILES string of the molecule is C1=CCC=C1.[CH3][Ti]. The Balaban J connectivity index is 0.000000162. The van der Waals surface area contributed by atoms with E-state index in [-0.39, 0.29) is 0 Å². The van der Waals surface area contributed by atoms with E-state index in [4.69, 9.17) is 0 Å². The van der Waals surface area contributed by atoms with E-state index in [1.54, 1.807) is 0 Å². The average Bonchev–Trinajstić information content (AvgIpc) is 2.23. The zero-order valence-electron chi connectivity index (χ0n) is 4.52. The third-order valence-corrected chi connectivity index (χ3v) is 0.655. The van der Waals surface area contributed by atoms with Gasteiger partial charge in [0.05, 0.1) is 0 Å². The van der Waals surface area contributed by atoms with E-state index in [2.05, 4.69) is 24.3 Å². The number of allylic oxidation sites excluding steroid dienone is 4. The van der Waals surface area contributed by atoms with Crippen molar-refractivity contribution in [3.8, 4) is 0 Å². The number of hydrogen-bond acceptors (Lipinski definition) is 0. The molecular formula is C6H9Ti. The van der Waals surface area contributed by atoms with Gasteiger partial charge in [0, 0.05) is 0 Å². The van der Waals surface area contributed by atoms with E-state index in [9.17, 15) is 0 Å². The molecule has 0 atom stereocenters. The minimum absolute atomic E-state index is 1.14. The molecule has 0 saturated heterocycles. The Morgan fingerprint density at radius 3 is 1.71 bits per heavy atom. The Bertz CT molecular complexity index is 62.2. The van der Waals surface area contributed by atoms with Crippen molar-refractivity contribution in [2.24, 2.45) is 0 Å². The summed E-state index contributed by atoms with van der Waals surface area (Å²) in [5.41, 5.74) is 0. The van der Waals surface area contributed by atoms with E-state index >= 15 is 0 Å². The Morgan fingerprint density at radius 2 is 1.57 bits per heavy atom. The second kappa shape index (κ2) is 6.19. The van der Waals surface area contributed by atoms with Crippen LogP contribution in [0.4, 0.5) is 0 Å². The molecule has 0 radical (unpaired) electrons. The summed E-state index contributed by atoms with van der Waals surface area (Å²) in [5.74, 6) is 0. The molecule has 0 aromatic carbocycles. The molecule has 0 unspecified atom stereocenters. The second-order valence-electron chi connectivity index (χ2n) is 1.09. The van der Waals surface area contributed by atoms with Crippen LogP contribution in [0.15, 0.2) is 24.3 Å². The molecule has 1 aliphatic rings. The van der Waals surface area contributed by atoms with Crippen molar-refractivity contribution in [1.29, 1.82) is 0 Å². The molecule has 0 saturated carbocycles. The molecule has 0 aliphatic heterocycles. The molecule has 0 heterocycles. The summed E-state index contributed by atoms with van der Waals surface area (Å²) in [6.45, 7) is 0. The first-order valence-electron chi connectivity index (χ1n) is 2.32. The van der Waals surface area contributed by atoms with Gasteiger partial charge in [-0.1, -0.05) is 24.3 Å². The van der Waals surface area contributed by atoms with E-state index in [1.165, 1.54) is 0 Å². The first-order valence-corrected chi connectivity index (χ1v) is 3.88. The van der Waals surface area contributed by atoms with Gasteiger partial charge in [0.1, 0.15) is 0 Å². The third-order valence-electron chi connectivity index (χ3n) is 0.655. The predicted molar refractivity (Wildman–Crippen MR) is 28.8 cm³/mol. The molecule has 0 bridgehead atoms. The fourth-order valence-electron chi connectivity index (χ4n) is 0.393. The Labute approximate surface area is 56.7 Å². The van der Waals surface area contributed by atoms with Crippen molar-refractivity contribution >= 4 is 0 Å². The van der Waals surface area contributed by atoms with Crippen molar-refractivity contribution in [2.75, 3.05) is 0 Å². The Kier molecular flexibility index (Phi) is 6.37. The molecule has 0 N–H and O–H groups in total. The molecule has 1 rings (SSSR count).